The minimum atomic E-state index is -0.505. The highest BCUT2D eigenvalue weighted by Crippen LogP contribution is 2.21. The van der Waals surface area contributed by atoms with Gasteiger partial charge in [-0.1, -0.05) is 19.1 Å². The summed E-state index contributed by atoms with van der Waals surface area (Å²) in [7, 11) is 0. The Labute approximate surface area is 142 Å². The highest BCUT2D eigenvalue weighted by Gasteiger charge is 2.19. The van der Waals surface area contributed by atoms with Gasteiger partial charge in [-0.2, -0.15) is 0 Å². The first-order valence-electron chi connectivity index (χ1n) is 7.71. The number of ether oxygens (including phenoxy) is 1. The summed E-state index contributed by atoms with van der Waals surface area (Å²) in [4.78, 5) is 13.6. The third-order valence-electron chi connectivity index (χ3n) is 3.47. The number of carbonyl (C=O) groups excluding carboxylic acids is 1. The van der Waals surface area contributed by atoms with E-state index in [1.54, 1.807) is 11.8 Å². The third kappa shape index (κ3) is 5.03. The van der Waals surface area contributed by atoms with Crippen LogP contribution in [0.5, 0.6) is 5.75 Å². The molecule has 3 nitrogen and oxygen atoms in total. The highest BCUT2D eigenvalue weighted by atomic mass is 32.2. The summed E-state index contributed by atoms with van der Waals surface area (Å²) in [5.41, 5.74) is 3.05. The largest absolute Gasteiger partial charge is 0.481 e. The summed E-state index contributed by atoms with van der Waals surface area (Å²) < 4.78 is 5.90. The molecule has 0 radical (unpaired) electrons. The van der Waals surface area contributed by atoms with E-state index in [1.807, 2.05) is 63.4 Å². The summed E-state index contributed by atoms with van der Waals surface area (Å²) in [6, 6.07) is 13.8. The van der Waals surface area contributed by atoms with Crippen molar-refractivity contribution >= 4 is 23.4 Å². The van der Waals surface area contributed by atoms with Crippen molar-refractivity contribution < 1.29 is 9.53 Å². The van der Waals surface area contributed by atoms with Gasteiger partial charge < -0.3 is 10.1 Å². The van der Waals surface area contributed by atoms with Crippen molar-refractivity contribution in [3.8, 4) is 5.75 Å². The average molecular weight is 329 g/mol. The fourth-order valence-electron chi connectivity index (χ4n) is 2.41. The van der Waals surface area contributed by atoms with Crippen molar-refractivity contribution in [2.45, 2.75) is 38.2 Å². The van der Waals surface area contributed by atoms with Crippen molar-refractivity contribution in [2.24, 2.45) is 0 Å². The van der Waals surface area contributed by atoms with Crippen molar-refractivity contribution in [1.82, 2.24) is 0 Å². The number of rotatable bonds is 6. The van der Waals surface area contributed by atoms with Crippen molar-refractivity contribution in [2.75, 3.05) is 11.6 Å². The molecule has 0 spiro atoms. The molecule has 1 N–H and O–H groups in total. The number of amides is 1. The summed E-state index contributed by atoms with van der Waals surface area (Å²) in [6.07, 6.45) is 2.12. The minimum Gasteiger partial charge on any atom is -0.481 e. The van der Waals surface area contributed by atoms with Crippen LogP contribution in [-0.4, -0.2) is 18.3 Å². The molecular weight excluding hydrogens is 306 g/mol. The molecule has 0 unspecified atom stereocenters. The van der Waals surface area contributed by atoms with Gasteiger partial charge in [0.15, 0.2) is 6.10 Å². The molecule has 2 aromatic carbocycles. The predicted molar refractivity (Wildman–Crippen MR) is 97.5 cm³/mol. The summed E-state index contributed by atoms with van der Waals surface area (Å²) in [6.45, 7) is 5.99. The average Bonchev–Trinajstić information content (AvgIpc) is 2.51. The maximum absolute atomic E-state index is 12.5. The van der Waals surface area contributed by atoms with E-state index in [9.17, 15) is 4.79 Å². The Bertz CT molecular complexity index is 665. The van der Waals surface area contributed by atoms with Gasteiger partial charge in [-0.05, 0) is 68.0 Å². The Morgan fingerprint density at radius 1 is 1.17 bits per heavy atom. The van der Waals surface area contributed by atoms with Gasteiger partial charge in [-0.25, -0.2) is 0 Å². The molecule has 0 aliphatic rings. The Morgan fingerprint density at radius 3 is 2.48 bits per heavy atom. The minimum absolute atomic E-state index is 0.120. The zero-order valence-corrected chi connectivity index (χ0v) is 14.9. The van der Waals surface area contributed by atoms with Gasteiger partial charge in [0.2, 0.25) is 0 Å². The standard InChI is InChI=1S/C19H23NO2S/c1-5-18(22-16-10-13(2)9-14(3)11-16)19(21)20-15-7-6-8-17(12-15)23-4/h6-12,18H,5H2,1-4H3,(H,20,21)/t18-/m1/s1. The second kappa shape index (κ2) is 8.06. The maximum atomic E-state index is 12.5. The summed E-state index contributed by atoms with van der Waals surface area (Å²) in [5, 5.41) is 2.94. The molecule has 0 saturated carbocycles. The smallest absolute Gasteiger partial charge is 0.265 e. The molecule has 0 fully saturated rings. The maximum Gasteiger partial charge on any atom is 0.265 e. The quantitative estimate of drug-likeness (QED) is 0.772. The topological polar surface area (TPSA) is 38.3 Å². The lowest BCUT2D eigenvalue weighted by Crippen LogP contribution is -2.32. The van der Waals surface area contributed by atoms with Gasteiger partial charge >= 0.3 is 0 Å². The molecule has 23 heavy (non-hydrogen) atoms. The van der Waals surface area contributed by atoms with E-state index in [-0.39, 0.29) is 5.91 Å². The Kier molecular flexibility index (Phi) is 6.11. The Morgan fingerprint density at radius 2 is 1.87 bits per heavy atom. The molecule has 0 bridgehead atoms. The first-order chi connectivity index (χ1) is 11.0. The first-order valence-corrected chi connectivity index (χ1v) is 8.94. The molecule has 4 heteroatoms. The van der Waals surface area contributed by atoms with Crippen molar-refractivity contribution in [3.63, 3.8) is 0 Å². The molecule has 1 amide bonds. The van der Waals surface area contributed by atoms with Crippen molar-refractivity contribution in [3.05, 3.63) is 53.6 Å². The molecule has 0 aliphatic carbocycles. The molecule has 2 aromatic rings. The van der Waals surface area contributed by atoms with Gasteiger partial charge in [-0.3, -0.25) is 4.79 Å². The zero-order valence-electron chi connectivity index (χ0n) is 14.1. The Hall–Kier alpha value is -1.94. The number of hydrogen-bond acceptors (Lipinski definition) is 3. The number of thioether (sulfide) groups is 1. The van der Waals surface area contributed by atoms with Crippen LogP contribution < -0.4 is 10.1 Å². The second-order valence-corrected chi connectivity index (χ2v) is 6.44. The molecule has 0 saturated heterocycles. The lowest BCUT2D eigenvalue weighted by Gasteiger charge is -2.18. The van der Waals surface area contributed by atoms with E-state index in [0.29, 0.717) is 6.42 Å². The van der Waals surface area contributed by atoms with Crippen molar-refractivity contribution in [1.29, 1.82) is 0 Å². The third-order valence-corrected chi connectivity index (χ3v) is 4.20. The Balaban J connectivity index is 2.08. The van der Waals surface area contributed by atoms with E-state index in [4.69, 9.17) is 4.74 Å². The molecule has 122 valence electrons. The molecular formula is C19H23NO2S. The van der Waals surface area contributed by atoms with Gasteiger partial charge in [0.1, 0.15) is 5.75 Å². The van der Waals surface area contributed by atoms with Gasteiger partial charge in [0, 0.05) is 10.6 Å². The summed E-state index contributed by atoms with van der Waals surface area (Å²) >= 11 is 1.65. The van der Waals surface area contributed by atoms with E-state index in [1.165, 1.54) is 0 Å². The highest BCUT2D eigenvalue weighted by molar-refractivity contribution is 7.98. The fourth-order valence-corrected chi connectivity index (χ4v) is 2.87. The van der Waals surface area contributed by atoms with Crippen LogP contribution in [0.1, 0.15) is 24.5 Å². The molecule has 0 heterocycles. The van der Waals surface area contributed by atoms with Crippen LogP contribution in [-0.2, 0) is 4.79 Å². The molecule has 2 rings (SSSR count). The van der Waals surface area contributed by atoms with Crippen LogP contribution in [0.2, 0.25) is 0 Å². The molecule has 0 aliphatic heterocycles. The second-order valence-electron chi connectivity index (χ2n) is 5.56. The van der Waals surface area contributed by atoms with Crippen LogP contribution in [0.4, 0.5) is 5.69 Å². The normalized spacial score (nSPS) is 11.8. The first kappa shape index (κ1) is 17.4. The monoisotopic (exact) mass is 329 g/mol. The lowest BCUT2D eigenvalue weighted by molar-refractivity contribution is -0.122. The lowest BCUT2D eigenvalue weighted by atomic mass is 10.1. The van der Waals surface area contributed by atoms with Crippen LogP contribution in [0.15, 0.2) is 47.4 Å². The number of anilines is 1. The number of benzene rings is 2. The number of aryl methyl sites for hydroxylation is 2. The molecule has 1 atom stereocenters. The fraction of sp³-hybridized carbons (Fsp3) is 0.316. The van der Waals surface area contributed by atoms with Crippen LogP contribution in [0.25, 0.3) is 0 Å². The zero-order chi connectivity index (χ0) is 16.8. The van der Waals surface area contributed by atoms with Crippen LogP contribution in [0, 0.1) is 13.8 Å². The number of hydrogen-bond donors (Lipinski definition) is 1. The van der Waals surface area contributed by atoms with Gasteiger partial charge in [0.25, 0.3) is 5.91 Å². The SMILES string of the molecule is CC[C@@H](Oc1cc(C)cc(C)c1)C(=O)Nc1cccc(SC)c1. The summed E-state index contributed by atoms with van der Waals surface area (Å²) in [5.74, 6) is 0.618. The van der Waals surface area contributed by atoms with E-state index >= 15 is 0 Å². The predicted octanol–water partition coefficient (Wildman–Crippen LogP) is 4.82. The number of nitrogens with one attached hydrogen (secondary N) is 1. The number of carbonyl (C=O) groups is 1. The van der Waals surface area contributed by atoms with Gasteiger partial charge in [0.05, 0.1) is 0 Å². The van der Waals surface area contributed by atoms with Crippen LogP contribution in [0.3, 0.4) is 0 Å². The van der Waals surface area contributed by atoms with E-state index in [2.05, 4.69) is 11.4 Å². The van der Waals surface area contributed by atoms with Crippen LogP contribution >= 0.6 is 11.8 Å². The van der Waals surface area contributed by atoms with E-state index < -0.39 is 6.10 Å². The van der Waals surface area contributed by atoms with Gasteiger partial charge in [-0.15, -0.1) is 11.8 Å². The van der Waals surface area contributed by atoms with E-state index in [0.717, 1.165) is 27.5 Å². The molecule has 0 aromatic heterocycles.